The first kappa shape index (κ1) is 34.3. The van der Waals surface area contributed by atoms with E-state index in [1.54, 1.807) is 48.5 Å². The van der Waals surface area contributed by atoms with E-state index >= 15 is 4.79 Å². The highest BCUT2D eigenvalue weighted by Gasteiger charge is 2.70. The Bertz CT molecular complexity index is 2180. The molecule has 2 saturated heterocycles. The normalized spacial score (nSPS) is 26.5. The monoisotopic (exact) mass is 755 g/mol. The van der Waals surface area contributed by atoms with E-state index in [2.05, 4.69) is 5.43 Å². The van der Waals surface area contributed by atoms with Crippen molar-refractivity contribution in [3.63, 3.8) is 0 Å². The number of halogens is 3. The number of carbonyl (C=O) groups is 4. The van der Waals surface area contributed by atoms with Crippen LogP contribution in [0.5, 0.6) is 11.5 Å². The Labute approximate surface area is 314 Å². The zero-order valence-electron chi connectivity index (χ0n) is 27.8. The second kappa shape index (κ2) is 13.0. The van der Waals surface area contributed by atoms with Gasteiger partial charge in [0.2, 0.25) is 11.8 Å². The van der Waals surface area contributed by atoms with Crippen LogP contribution in [0.25, 0.3) is 0 Å². The molecule has 2 aliphatic heterocycles. The Hall–Kier alpha value is -4.83. The van der Waals surface area contributed by atoms with Gasteiger partial charge in [-0.15, -0.1) is 0 Å². The van der Waals surface area contributed by atoms with Gasteiger partial charge in [0.15, 0.2) is 0 Å². The molecule has 2 N–H and O–H groups in total. The average Bonchev–Trinajstić information content (AvgIpc) is 3.51. The van der Waals surface area contributed by atoms with Crippen LogP contribution >= 0.6 is 34.8 Å². The minimum Gasteiger partial charge on any atom is -0.508 e. The number of rotatable bonds is 7. The van der Waals surface area contributed by atoms with Crippen molar-refractivity contribution < 1.29 is 29.0 Å². The van der Waals surface area contributed by atoms with Crippen LogP contribution in [0.2, 0.25) is 15.1 Å². The van der Waals surface area contributed by atoms with E-state index < -0.39 is 46.8 Å². The standard InChI is InChI=1S/C40H32Cl3N3O6/c1-52-25-11-7-22(8-12-25)40-30(37(49)46(39(40)51)44-32-15-9-24(42)18-31(32)43)19-28-26(35(40)29-17-23(41)10-16-33(29)47)13-14-27-34(28)38(50)45(36(27)48)20-21-5-3-2-4-6-21/h2-13,15-18,27-28,30,34-35,44,47H,14,19-20H2,1H3/t27-,28+,30-,34-,35+,40+/m0/s1. The van der Waals surface area contributed by atoms with Crippen molar-refractivity contribution in [2.45, 2.75) is 30.7 Å². The molecule has 52 heavy (non-hydrogen) atoms. The van der Waals surface area contributed by atoms with E-state index in [1.165, 1.54) is 24.1 Å². The van der Waals surface area contributed by atoms with E-state index in [0.717, 1.165) is 10.6 Å². The van der Waals surface area contributed by atoms with Crippen molar-refractivity contribution in [1.29, 1.82) is 0 Å². The topological polar surface area (TPSA) is 116 Å². The smallest absolute Gasteiger partial charge is 0.260 e. The molecule has 6 atom stereocenters. The van der Waals surface area contributed by atoms with Gasteiger partial charge in [0, 0.05) is 21.5 Å². The molecule has 0 unspecified atom stereocenters. The lowest BCUT2D eigenvalue weighted by atomic mass is 9.49. The lowest BCUT2D eigenvalue weighted by molar-refractivity contribution is -0.142. The summed E-state index contributed by atoms with van der Waals surface area (Å²) in [5.41, 5.74) is 3.97. The number of imide groups is 2. The summed E-state index contributed by atoms with van der Waals surface area (Å²) in [7, 11) is 1.53. The molecule has 3 fully saturated rings. The lowest BCUT2D eigenvalue weighted by Crippen LogP contribution is -2.53. The Morgan fingerprint density at radius 1 is 0.846 bits per heavy atom. The summed E-state index contributed by atoms with van der Waals surface area (Å²) in [5.74, 6) is -5.31. The minimum absolute atomic E-state index is 0.0894. The molecule has 2 aliphatic carbocycles. The second-order valence-corrected chi connectivity index (χ2v) is 14.9. The molecule has 8 rings (SSSR count). The third kappa shape index (κ3) is 5.20. The van der Waals surface area contributed by atoms with Crippen LogP contribution < -0.4 is 10.2 Å². The highest BCUT2D eigenvalue weighted by Crippen LogP contribution is 2.65. The van der Waals surface area contributed by atoms with Crippen LogP contribution in [0, 0.1) is 23.7 Å². The quantitative estimate of drug-likeness (QED) is 0.148. The number of carbonyl (C=O) groups excluding carboxylic acids is 4. The number of ether oxygens (including phenoxy) is 1. The summed E-state index contributed by atoms with van der Waals surface area (Å²) >= 11 is 19.3. The zero-order chi connectivity index (χ0) is 36.5. The number of hydrogen-bond acceptors (Lipinski definition) is 7. The summed E-state index contributed by atoms with van der Waals surface area (Å²) < 4.78 is 5.45. The predicted octanol–water partition coefficient (Wildman–Crippen LogP) is 7.55. The van der Waals surface area contributed by atoms with Gasteiger partial charge in [0.05, 0.1) is 47.5 Å². The SMILES string of the molecule is COc1ccc([C@@]23C(=O)N(Nc4ccc(Cl)cc4Cl)C(=O)[C@@H]2C[C@@H]2C(=CC[C@@H]4C(=O)N(Cc5ccccc5)C(=O)[C@@H]42)[C@@H]3c2cc(Cl)ccc2O)cc1. The fourth-order valence-electron chi connectivity index (χ4n) is 8.93. The summed E-state index contributed by atoms with van der Waals surface area (Å²) in [5, 5.41) is 13.4. The predicted molar refractivity (Wildman–Crippen MR) is 196 cm³/mol. The fourth-order valence-corrected chi connectivity index (χ4v) is 9.56. The van der Waals surface area contributed by atoms with Crippen molar-refractivity contribution in [2.24, 2.45) is 23.7 Å². The van der Waals surface area contributed by atoms with Gasteiger partial charge in [0.25, 0.3) is 11.8 Å². The number of amides is 4. The number of aromatic hydroxyl groups is 1. The average molecular weight is 757 g/mol. The van der Waals surface area contributed by atoms with Gasteiger partial charge in [-0.25, -0.2) is 0 Å². The van der Waals surface area contributed by atoms with Gasteiger partial charge in [-0.2, -0.15) is 5.01 Å². The lowest BCUT2D eigenvalue weighted by Gasteiger charge is -2.50. The Morgan fingerprint density at radius 2 is 1.56 bits per heavy atom. The van der Waals surface area contributed by atoms with Gasteiger partial charge in [-0.1, -0.05) is 88.9 Å². The number of anilines is 1. The number of likely N-dealkylation sites (tertiary alicyclic amines) is 1. The first-order chi connectivity index (χ1) is 25.0. The summed E-state index contributed by atoms with van der Waals surface area (Å²) in [6, 6.07) is 25.5. The van der Waals surface area contributed by atoms with Crippen molar-refractivity contribution in [2.75, 3.05) is 12.5 Å². The van der Waals surface area contributed by atoms with Gasteiger partial charge < -0.3 is 9.84 Å². The number of phenolic OH excluding ortho intramolecular Hbond substituents is 1. The second-order valence-electron chi connectivity index (χ2n) is 13.7. The Balaban J connectivity index is 1.32. The van der Waals surface area contributed by atoms with Crippen molar-refractivity contribution in [1.82, 2.24) is 9.91 Å². The van der Waals surface area contributed by atoms with Crippen molar-refractivity contribution in [3.8, 4) is 11.5 Å². The maximum atomic E-state index is 15.3. The molecule has 1 saturated carbocycles. The van der Waals surface area contributed by atoms with Crippen LogP contribution in [-0.4, -0.2) is 45.8 Å². The Morgan fingerprint density at radius 3 is 2.27 bits per heavy atom. The first-order valence-corrected chi connectivity index (χ1v) is 18.0. The van der Waals surface area contributed by atoms with Crippen LogP contribution in [0.4, 0.5) is 5.69 Å². The molecule has 4 amide bonds. The maximum absolute atomic E-state index is 15.3. The summed E-state index contributed by atoms with van der Waals surface area (Å²) in [4.78, 5) is 59.8. The molecule has 4 aliphatic rings. The third-order valence-corrected chi connectivity index (χ3v) is 11.9. The number of nitrogens with one attached hydrogen (secondary N) is 1. The molecule has 9 nitrogen and oxygen atoms in total. The van der Waals surface area contributed by atoms with Gasteiger partial charge >= 0.3 is 0 Å². The number of hydrazine groups is 1. The molecule has 12 heteroatoms. The molecule has 0 aromatic heterocycles. The number of hydrogen-bond donors (Lipinski definition) is 2. The van der Waals surface area contributed by atoms with E-state index in [-0.39, 0.29) is 47.7 Å². The van der Waals surface area contributed by atoms with Crippen LogP contribution in [0.3, 0.4) is 0 Å². The van der Waals surface area contributed by atoms with Gasteiger partial charge in [-0.3, -0.25) is 29.5 Å². The molecule has 2 heterocycles. The number of fused-ring (bicyclic) bond motifs is 4. The highest BCUT2D eigenvalue weighted by molar-refractivity contribution is 6.36. The van der Waals surface area contributed by atoms with Crippen molar-refractivity contribution in [3.05, 3.63) is 134 Å². The van der Waals surface area contributed by atoms with Gasteiger partial charge in [-0.05, 0) is 78.4 Å². The van der Waals surface area contributed by atoms with E-state index in [4.69, 9.17) is 39.5 Å². The molecule has 4 aromatic rings. The summed E-state index contributed by atoms with van der Waals surface area (Å²) in [6.45, 7) is 0.127. The van der Waals surface area contributed by atoms with Crippen LogP contribution in [-0.2, 0) is 31.1 Å². The molecule has 0 radical (unpaired) electrons. The van der Waals surface area contributed by atoms with E-state index in [1.807, 2.05) is 36.4 Å². The van der Waals surface area contributed by atoms with Crippen LogP contribution in [0.1, 0.15) is 35.4 Å². The molecule has 264 valence electrons. The first-order valence-electron chi connectivity index (χ1n) is 16.9. The zero-order valence-corrected chi connectivity index (χ0v) is 30.0. The van der Waals surface area contributed by atoms with Crippen LogP contribution in [0.15, 0.2) is 103 Å². The molecular weight excluding hydrogens is 725 g/mol. The van der Waals surface area contributed by atoms with E-state index in [0.29, 0.717) is 32.5 Å². The third-order valence-electron chi connectivity index (χ3n) is 11.2. The number of benzene rings is 4. The maximum Gasteiger partial charge on any atom is 0.260 e. The molecule has 0 spiro atoms. The highest BCUT2D eigenvalue weighted by atomic mass is 35.5. The number of phenols is 1. The van der Waals surface area contributed by atoms with Gasteiger partial charge in [0.1, 0.15) is 11.5 Å². The number of allylic oxidation sites excluding steroid dienone is 2. The fraction of sp³-hybridized carbons (Fsp3) is 0.250. The Kier molecular flexibility index (Phi) is 8.56. The largest absolute Gasteiger partial charge is 0.508 e. The number of methoxy groups -OCH3 is 1. The molecule has 4 aromatic carbocycles. The van der Waals surface area contributed by atoms with E-state index in [9.17, 15) is 19.5 Å². The number of nitrogens with zero attached hydrogens (tertiary/aromatic N) is 2. The minimum atomic E-state index is -1.62. The molecule has 0 bridgehead atoms. The van der Waals surface area contributed by atoms with Crippen molar-refractivity contribution >= 4 is 64.1 Å². The molecular formula is C40H32Cl3N3O6. The summed E-state index contributed by atoms with van der Waals surface area (Å²) in [6.07, 6.45) is 2.27.